The highest BCUT2D eigenvalue weighted by Gasteiger charge is 2.34. The van der Waals surface area contributed by atoms with E-state index in [1.807, 2.05) is 36.4 Å². The number of nitrogens with zero attached hydrogens (tertiary/aromatic N) is 4. The molecule has 2 bridgehead atoms. The average molecular weight is 434 g/mol. The van der Waals surface area contributed by atoms with Crippen LogP contribution in [0.3, 0.4) is 0 Å². The number of hydrogen-bond acceptors (Lipinski definition) is 6. The molecule has 2 atom stereocenters. The fourth-order valence-electron chi connectivity index (χ4n) is 3.88. The molecule has 2 aliphatic rings. The van der Waals surface area contributed by atoms with Crippen molar-refractivity contribution >= 4 is 17.8 Å². The highest BCUT2D eigenvalue weighted by Crippen LogP contribution is 2.29. The Morgan fingerprint density at radius 3 is 2.25 bits per heavy atom. The van der Waals surface area contributed by atoms with Gasteiger partial charge < -0.3 is 15.1 Å². The van der Waals surface area contributed by atoms with Crippen LogP contribution in [0.4, 0.5) is 5.82 Å². The fourth-order valence-corrected chi connectivity index (χ4v) is 3.88. The SMILES string of the molecule is CN1C2CCC1CN(c1ccc(C#Cc3ccccc3)nn1)CC2.O=C(O)/C=C/C(=O)O. The minimum absolute atomic E-state index is 0.558. The summed E-state index contributed by atoms with van der Waals surface area (Å²) in [7, 11) is 2.26. The summed E-state index contributed by atoms with van der Waals surface area (Å²) in [4.78, 5) is 24.0. The predicted octanol–water partition coefficient (Wildman–Crippen LogP) is 2.26. The second-order valence-corrected chi connectivity index (χ2v) is 7.69. The Hall–Kier alpha value is -3.70. The quantitative estimate of drug-likeness (QED) is 0.560. The van der Waals surface area contributed by atoms with Gasteiger partial charge in [-0.15, -0.1) is 10.2 Å². The molecule has 32 heavy (non-hydrogen) atoms. The van der Waals surface area contributed by atoms with Crippen LogP contribution in [-0.4, -0.2) is 69.5 Å². The lowest BCUT2D eigenvalue weighted by atomic mass is 10.1. The standard InChI is InChI=1S/C20H22N4.C4H4O4/c1-23-18-10-11-19(23)15-24(14-13-18)20-12-9-17(21-22-20)8-7-16-5-3-2-4-6-16;5-3(6)1-2-4(7)8/h2-6,9,12,18-19H,10-11,13-15H2,1H3;1-2H,(H,5,6)(H,7,8)/b;2-1+. The molecule has 8 nitrogen and oxygen atoms in total. The summed E-state index contributed by atoms with van der Waals surface area (Å²) >= 11 is 0. The number of aliphatic carboxylic acids is 2. The number of likely N-dealkylation sites (N-methyl/N-ethyl adjacent to an activating group) is 1. The van der Waals surface area contributed by atoms with Crippen LogP contribution in [0.25, 0.3) is 0 Å². The lowest BCUT2D eigenvalue weighted by Gasteiger charge is -2.26. The van der Waals surface area contributed by atoms with Crippen LogP contribution in [0.1, 0.15) is 30.5 Å². The number of fused-ring (bicyclic) bond motifs is 2. The molecule has 0 radical (unpaired) electrons. The predicted molar refractivity (Wildman–Crippen MR) is 120 cm³/mol. The van der Waals surface area contributed by atoms with Gasteiger partial charge in [0, 0.05) is 42.9 Å². The van der Waals surface area contributed by atoms with E-state index in [2.05, 4.69) is 45.0 Å². The van der Waals surface area contributed by atoms with Crippen LogP contribution in [-0.2, 0) is 9.59 Å². The van der Waals surface area contributed by atoms with Gasteiger partial charge in [0.1, 0.15) is 5.69 Å². The summed E-state index contributed by atoms with van der Waals surface area (Å²) in [6.45, 7) is 2.12. The highest BCUT2D eigenvalue weighted by atomic mass is 16.4. The van der Waals surface area contributed by atoms with Crippen LogP contribution in [0.5, 0.6) is 0 Å². The molecular weight excluding hydrogens is 408 g/mol. The summed E-state index contributed by atoms with van der Waals surface area (Å²) in [5.74, 6) is 4.67. The van der Waals surface area contributed by atoms with Crippen LogP contribution in [0.2, 0.25) is 0 Å². The normalized spacial score (nSPS) is 20.0. The van der Waals surface area contributed by atoms with E-state index in [-0.39, 0.29) is 0 Å². The molecule has 1 aromatic carbocycles. The Balaban J connectivity index is 0.000000312. The third-order valence-electron chi connectivity index (χ3n) is 5.60. The maximum Gasteiger partial charge on any atom is 0.328 e. The van der Waals surface area contributed by atoms with Gasteiger partial charge in [-0.2, -0.15) is 0 Å². The molecule has 0 spiro atoms. The number of hydrogen-bond donors (Lipinski definition) is 2. The van der Waals surface area contributed by atoms with Crippen molar-refractivity contribution < 1.29 is 19.8 Å². The fraction of sp³-hybridized carbons (Fsp3) is 0.333. The third-order valence-corrected chi connectivity index (χ3v) is 5.60. The van der Waals surface area contributed by atoms with Gasteiger partial charge >= 0.3 is 11.9 Å². The zero-order valence-electron chi connectivity index (χ0n) is 17.9. The van der Waals surface area contributed by atoms with Crippen LogP contribution in [0.15, 0.2) is 54.6 Å². The van der Waals surface area contributed by atoms with Gasteiger partial charge in [-0.05, 0) is 56.5 Å². The molecule has 2 fully saturated rings. The molecule has 2 saturated heterocycles. The summed E-state index contributed by atoms with van der Waals surface area (Å²) in [5.41, 5.74) is 1.71. The number of carbonyl (C=O) groups is 2. The molecule has 0 amide bonds. The molecule has 3 heterocycles. The van der Waals surface area contributed by atoms with Crippen LogP contribution >= 0.6 is 0 Å². The van der Waals surface area contributed by atoms with Crippen molar-refractivity contribution in [2.75, 3.05) is 25.0 Å². The maximum absolute atomic E-state index is 9.55. The minimum Gasteiger partial charge on any atom is -0.478 e. The van der Waals surface area contributed by atoms with Crippen molar-refractivity contribution in [3.63, 3.8) is 0 Å². The Morgan fingerprint density at radius 1 is 0.938 bits per heavy atom. The van der Waals surface area contributed by atoms with Crippen molar-refractivity contribution in [3.05, 3.63) is 65.9 Å². The second kappa shape index (κ2) is 11.1. The van der Waals surface area contributed by atoms with Gasteiger partial charge in [-0.25, -0.2) is 9.59 Å². The monoisotopic (exact) mass is 434 g/mol. The molecule has 0 aliphatic carbocycles. The average Bonchev–Trinajstić information content (AvgIpc) is 3.04. The molecule has 2 N–H and O–H groups in total. The number of aromatic nitrogens is 2. The van der Waals surface area contributed by atoms with Crippen molar-refractivity contribution in [2.24, 2.45) is 0 Å². The molecule has 2 aliphatic heterocycles. The first-order chi connectivity index (χ1) is 15.4. The maximum atomic E-state index is 9.55. The lowest BCUT2D eigenvalue weighted by Crippen LogP contribution is -2.37. The van der Waals surface area contributed by atoms with Gasteiger partial charge in [-0.1, -0.05) is 24.1 Å². The highest BCUT2D eigenvalue weighted by molar-refractivity contribution is 5.89. The summed E-state index contributed by atoms with van der Waals surface area (Å²) in [6.07, 6.45) is 4.97. The first kappa shape index (κ1) is 23.0. The van der Waals surface area contributed by atoms with Crippen LogP contribution < -0.4 is 4.90 Å². The first-order valence-electron chi connectivity index (χ1n) is 10.4. The third kappa shape index (κ3) is 6.65. The molecule has 1 aromatic heterocycles. The van der Waals surface area contributed by atoms with E-state index < -0.39 is 11.9 Å². The topological polar surface area (TPSA) is 107 Å². The molecule has 2 aromatic rings. The number of carboxylic acids is 2. The van der Waals surface area contributed by atoms with Gasteiger partial charge in [-0.3, -0.25) is 4.90 Å². The zero-order chi connectivity index (χ0) is 22.9. The largest absolute Gasteiger partial charge is 0.478 e. The van der Waals surface area contributed by atoms with Crippen molar-refractivity contribution in [2.45, 2.75) is 31.3 Å². The summed E-state index contributed by atoms with van der Waals surface area (Å²) in [6, 6.07) is 15.4. The van der Waals surface area contributed by atoms with Gasteiger partial charge in [0.2, 0.25) is 0 Å². The van der Waals surface area contributed by atoms with E-state index in [1.165, 1.54) is 19.3 Å². The van der Waals surface area contributed by atoms with E-state index in [4.69, 9.17) is 10.2 Å². The first-order valence-corrected chi connectivity index (χ1v) is 10.4. The molecule has 4 rings (SSSR count). The van der Waals surface area contributed by atoms with E-state index >= 15 is 0 Å². The molecule has 166 valence electrons. The van der Waals surface area contributed by atoms with Crippen molar-refractivity contribution in [1.29, 1.82) is 0 Å². The Bertz CT molecular complexity index is 996. The number of anilines is 1. The van der Waals surface area contributed by atoms with E-state index in [0.29, 0.717) is 18.2 Å². The van der Waals surface area contributed by atoms with E-state index in [0.717, 1.165) is 36.2 Å². The smallest absolute Gasteiger partial charge is 0.328 e. The zero-order valence-corrected chi connectivity index (χ0v) is 17.9. The Labute approximate surface area is 187 Å². The van der Waals surface area contributed by atoms with Gasteiger partial charge in [0.15, 0.2) is 5.82 Å². The second-order valence-electron chi connectivity index (χ2n) is 7.69. The molecule has 2 unspecified atom stereocenters. The van der Waals surface area contributed by atoms with Crippen LogP contribution in [0, 0.1) is 11.8 Å². The molecule has 8 heteroatoms. The number of carboxylic acid groups (broad SMARTS) is 2. The summed E-state index contributed by atoms with van der Waals surface area (Å²) < 4.78 is 0. The Kier molecular flexibility index (Phi) is 7.95. The minimum atomic E-state index is -1.26. The molecule has 0 saturated carbocycles. The Morgan fingerprint density at radius 2 is 1.62 bits per heavy atom. The summed E-state index contributed by atoms with van der Waals surface area (Å²) in [5, 5.41) is 24.3. The van der Waals surface area contributed by atoms with E-state index in [9.17, 15) is 9.59 Å². The number of benzene rings is 1. The number of rotatable bonds is 3. The van der Waals surface area contributed by atoms with Gasteiger partial charge in [0.25, 0.3) is 0 Å². The molecular formula is C24H26N4O4. The van der Waals surface area contributed by atoms with E-state index in [1.54, 1.807) is 0 Å². The van der Waals surface area contributed by atoms with Crippen molar-refractivity contribution in [3.8, 4) is 11.8 Å². The lowest BCUT2D eigenvalue weighted by molar-refractivity contribution is -0.134. The van der Waals surface area contributed by atoms with Crippen molar-refractivity contribution in [1.82, 2.24) is 15.1 Å². The van der Waals surface area contributed by atoms with Gasteiger partial charge in [0.05, 0.1) is 0 Å².